The van der Waals surface area contributed by atoms with Gasteiger partial charge in [0.15, 0.2) is 0 Å². The number of anilines is 1. The molecule has 0 radical (unpaired) electrons. The number of amides is 2. The molecule has 4 aromatic rings. The SMILES string of the molecule is CCN(Cc1ccccc1)C(=O)[C@H](Cc1ccc(OC)cc1)Nc1nc2ccc(COC(N)=O)c(C)c2c(=O)o1. The Bertz CT molecular complexity index is 1540. The number of nitrogens with zero attached hydrogens (tertiary/aromatic N) is 2. The van der Waals surface area contributed by atoms with Gasteiger partial charge in [0, 0.05) is 19.5 Å². The standard InChI is InChI=1S/C30H32N4O6/c1-4-34(17-21-8-6-5-7-9-21)27(35)25(16-20-10-13-23(38-3)14-11-20)33-30-32-24-15-12-22(18-39-29(31)37)19(2)26(24)28(36)40-30/h5-15,25H,4,16-18H2,1-3H3,(H2,31,37)(H,32,33)/t25-/m0/s1. The van der Waals surface area contributed by atoms with E-state index in [4.69, 9.17) is 19.6 Å². The summed E-state index contributed by atoms with van der Waals surface area (Å²) in [5.74, 6) is 0.541. The maximum atomic E-state index is 13.8. The van der Waals surface area contributed by atoms with E-state index in [1.54, 1.807) is 31.1 Å². The number of methoxy groups -OCH3 is 1. The Labute approximate surface area is 231 Å². The van der Waals surface area contributed by atoms with Gasteiger partial charge in [-0.15, -0.1) is 0 Å². The summed E-state index contributed by atoms with van der Waals surface area (Å²) in [6.07, 6.45) is -0.592. The summed E-state index contributed by atoms with van der Waals surface area (Å²) >= 11 is 0. The Balaban J connectivity index is 1.65. The molecule has 40 heavy (non-hydrogen) atoms. The molecule has 1 heterocycles. The minimum Gasteiger partial charge on any atom is -0.497 e. The summed E-state index contributed by atoms with van der Waals surface area (Å²) in [6, 6.07) is 19.7. The van der Waals surface area contributed by atoms with Crippen molar-refractivity contribution in [3.05, 3.63) is 99.4 Å². The molecule has 0 saturated heterocycles. The highest BCUT2D eigenvalue weighted by atomic mass is 16.5. The number of benzene rings is 3. The zero-order valence-electron chi connectivity index (χ0n) is 22.7. The quantitative estimate of drug-likeness (QED) is 0.287. The van der Waals surface area contributed by atoms with Gasteiger partial charge in [-0.2, -0.15) is 4.98 Å². The Morgan fingerprint density at radius 3 is 2.42 bits per heavy atom. The van der Waals surface area contributed by atoms with Crippen molar-refractivity contribution >= 4 is 28.9 Å². The third kappa shape index (κ3) is 6.76. The predicted molar refractivity (Wildman–Crippen MR) is 151 cm³/mol. The number of carbonyl (C=O) groups excluding carboxylic acids is 2. The van der Waals surface area contributed by atoms with Crippen LogP contribution in [0.25, 0.3) is 10.9 Å². The first-order valence-electron chi connectivity index (χ1n) is 12.9. The molecule has 4 rings (SSSR count). The highest BCUT2D eigenvalue weighted by Gasteiger charge is 2.26. The molecule has 0 aliphatic carbocycles. The summed E-state index contributed by atoms with van der Waals surface area (Å²) in [6.45, 7) is 4.47. The summed E-state index contributed by atoms with van der Waals surface area (Å²) in [4.78, 5) is 44.1. The lowest BCUT2D eigenvalue weighted by atomic mass is 10.0. The van der Waals surface area contributed by atoms with Crippen LogP contribution in [0.15, 0.2) is 75.9 Å². The number of carbonyl (C=O) groups is 2. The second kappa shape index (κ2) is 12.8. The normalized spacial score (nSPS) is 11.6. The van der Waals surface area contributed by atoms with Gasteiger partial charge in [-0.3, -0.25) is 4.79 Å². The van der Waals surface area contributed by atoms with Crippen LogP contribution < -0.4 is 21.4 Å². The maximum absolute atomic E-state index is 13.8. The first-order valence-corrected chi connectivity index (χ1v) is 12.9. The number of hydrogen-bond donors (Lipinski definition) is 2. The summed E-state index contributed by atoms with van der Waals surface area (Å²) < 4.78 is 15.7. The molecule has 10 nitrogen and oxygen atoms in total. The minimum absolute atomic E-state index is 0.0688. The van der Waals surface area contributed by atoms with Gasteiger partial charge in [-0.25, -0.2) is 9.59 Å². The second-order valence-corrected chi connectivity index (χ2v) is 9.25. The molecule has 0 saturated carbocycles. The minimum atomic E-state index is -0.912. The smallest absolute Gasteiger partial charge is 0.404 e. The van der Waals surface area contributed by atoms with Crippen molar-refractivity contribution in [2.75, 3.05) is 19.0 Å². The van der Waals surface area contributed by atoms with E-state index >= 15 is 0 Å². The van der Waals surface area contributed by atoms with Crippen LogP contribution >= 0.6 is 0 Å². The highest BCUT2D eigenvalue weighted by Crippen LogP contribution is 2.22. The van der Waals surface area contributed by atoms with Crippen LogP contribution in [0.2, 0.25) is 0 Å². The predicted octanol–water partition coefficient (Wildman–Crippen LogP) is 4.17. The molecule has 3 N–H and O–H groups in total. The third-order valence-corrected chi connectivity index (χ3v) is 6.64. The number of ether oxygens (including phenoxy) is 2. The lowest BCUT2D eigenvalue weighted by Gasteiger charge is -2.27. The molecule has 0 bridgehead atoms. The number of primary amides is 1. The lowest BCUT2D eigenvalue weighted by molar-refractivity contribution is -0.132. The number of fused-ring (bicyclic) bond motifs is 1. The molecule has 0 spiro atoms. The van der Waals surface area contributed by atoms with Crippen LogP contribution in [0.1, 0.15) is 29.2 Å². The maximum Gasteiger partial charge on any atom is 0.404 e. The van der Waals surface area contributed by atoms with Crippen LogP contribution in [-0.4, -0.2) is 41.6 Å². The largest absolute Gasteiger partial charge is 0.497 e. The Hall–Kier alpha value is -4.86. The van der Waals surface area contributed by atoms with Gasteiger partial charge in [-0.05, 0) is 54.3 Å². The second-order valence-electron chi connectivity index (χ2n) is 9.25. The highest BCUT2D eigenvalue weighted by molar-refractivity contribution is 5.86. The van der Waals surface area contributed by atoms with Crippen molar-refractivity contribution in [2.24, 2.45) is 5.73 Å². The van der Waals surface area contributed by atoms with E-state index in [9.17, 15) is 14.4 Å². The Morgan fingerprint density at radius 1 is 1.05 bits per heavy atom. The number of hydrogen-bond acceptors (Lipinski definition) is 8. The van der Waals surface area contributed by atoms with Crippen LogP contribution in [-0.2, 0) is 29.1 Å². The average molecular weight is 545 g/mol. The van der Waals surface area contributed by atoms with Crippen LogP contribution in [0, 0.1) is 6.92 Å². The summed E-state index contributed by atoms with van der Waals surface area (Å²) in [5, 5.41) is 3.34. The van der Waals surface area contributed by atoms with E-state index in [0.29, 0.717) is 41.9 Å². The molecule has 1 atom stereocenters. The van der Waals surface area contributed by atoms with Crippen LogP contribution in [0.5, 0.6) is 5.75 Å². The van der Waals surface area contributed by atoms with Gasteiger partial charge >= 0.3 is 11.7 Å². The average Bonchev–Trinajstić information content (AvgIpc) is 2.95. The molecule has 0 aliphatic heterocycles. The summed E-state index contributed by atoms with van der Waals surface area (Å²) in [5.41, 5.74) is 7.89. The topological polar surface area (TPSA) is 137 Å². The van der Waals surface area contributed by atoms with Crippen molar-refractivity contribution in [2.45, 2.75) is 39.5 Å². The molecule has 3 aromatic carbocycles. The fraction of sp³-hybridized carbons (Fsp3) is 0.267. The van der Waals surface area contributed by atoms with Crippen molar-refractivity contribution in [3.63, 3.8) is 0 Å². The van der Waals surface area contributed by atoms with E-state index < -0.39 is 17.8 Å². The molecule has 0 unspecified atom stereocenters. The van der Waals surface area contributed by atoms with Crippen molar-refractivity contribution in [1.82, 2.24) is 9.88 Å². The van der Waals surface area contributed by atoms with Crippen molar-refractivity contribution in [3.8, 4) is 5.75 Å². The van der Waals surface area contributed by atoms with E-state index in [1.807, 2.05) is 61.5 Å². The van der Waals surface area contributed by atoms with E-state index in [0.717, 1.165) is 11.1 Å². The van der Waals surface area contributed by atoms with E-state index in [-0.39, 0.29) is 23.9 Å². The molecule has 0 fully saturated rings. The zero-order valence-corrected chi connectivity index (χ0v) is 22.7. The lowest BCUT2D eigenvalue weighted by Crippen LogP contribution is -2.44. The van der Waals surface area contributed by atoms with E-state index in [1.165, 1.54) is 0 Å². The molecular formula is C30H32N4O6. The Kier molecular flexibility index (Phi) is 9.00. The molecule has 2 amide bonds. The molecule has 10 heteroatoms. The third-order valence-electron chi connectivity index (χ3n) is 6.64. The van der Waals surface area contributed by atoms with Gasteiger partial charge < -0.3 is 29.8 Å². The molecular weight excluding hydrogens is 512 g/mol. The fourth-order valence-corrected chi connectivity index (χ4v) is 4.45. The zero-order chi connectivity index (χ0) is 28.6. The number of aromatic nitrogens is 1. The Morgan fingerprint density at radius 2 is 1.77 bits per heavy atom. The first kappa shape index (κ1) is 28.2. The van der Waals surface area contributed by atoms with Crippen molar-refractivity contribution in [1.29, 1.82) is 0 Å². The van der Waals surface area contributed by atoms with Gasteiger partial charge in [0.05, 0.1) is 18.0 Å². The van der Waals surface area contributed by atoms with Gasteiger partial charge in [0.1, 0.15) is 18.4 Å². The van der Waals surface area contributed by atoms with Gasteiger partial charge in [0.25, 0.3) is 6.01 Å². The fourth-order valence-electron chi connectivity index (χ4n) is 4.45. The number of nitrogens with one attached hydrogen (secondary N) is 1. The molecule has 0 aliphatic rings. The molecule has 1 aromatic heterocycles. The van der Waals surface area contributed by atoms with Crippen LogP contribution in [0.4, 0.5) is 10.8 Å². The number of nitrogens with two attached hydrogens (primary N) is 1. The number of rotatable bonds is 11. The molecule has 208 valence electrons. The monoisotopic (exact) mass is 544 g/mol. The number of likely N-dealkylation sites (N-methyl/N-ethyl adjacent to an activating group) is 1. The van der Waals surface area contributed by atoms with E-state index in [2.05, 4.69) is 10.3 Å². The van der Waals surface area contributed by atoms with Crippen LogP contribution in [0.3, 0.4) is 0 Å². The van der Waals surface area contributed by atoms with Gasteiger partial charge in [-0.1, -0.05) is 48.5 Å². The summed E-state index contributed by atoms with van der Waals surface area (Å²) in [7, 11) is 1.59. The first-order chi connectivity index (χ1) is 19.3. The number of aryl methyl sites for hydroxylation is 1. The van der Waals surface area contributed by atoms with Crippen molar-refractivity contribution < 1.29 is 23.5 Å². The van der Waals surface area contributed by atoms with Gasteiger partial charge in [0.2, 0.25) is 5.91 Å².